The van der Waals surface area contributed by atoms with Crippen molar-refractivity contribution in [2.24, 2.45) is 7.05 Å². The first-order chi connectivity index (χ1) is 11.9. The van der Waals surface area contributed by atoms with E-state index in [-0.39, 0.29) is 11.3 Å². The highest BCUT2D eigenvalue weighted by atomic mass is 16.5. The van der Waals surface area contributed by atoms with Crippen LogP contribution in [0.3, 0.4) is 0 Å². The molecule has 1 unspecified atom stereocenters. The number of benzene rings is 1. The van der Waals surface area contributed by atoms with Crippen LogP contribution in [-0.4, -0.2) is 40.9 Å². The topological polar surface area (TPSA) is 51.5 Å². The summed E-state index contributed by atoms with van der Waals surface area (Å²) in [5.74, 6) is -0.413. The molecule has 2 aliphatic rings. The van der Waals surface area contributed by atoms with E-state index in [4.69, 9.17) is 4.74 Å². The zero-order valence-corrected chi connectivity index (χ0v) is 15.0. The summed E-state index contributed by atoms with van der Waals surface area (Å²) in [6.45, 7) is 4.22. The third kappa shape index (κ3) is 1.93. The number of esters is 1. The largest absolute Gasteiger partial charge is 0.463 e. The van der Waals surface area contributed by atoms with Crippen LogP contribution in [0.5, 0.6) is 0 Å². The summed E-state index contributed by atoms with van der Waals surface area (Å²) in [4.78, 5) is 27.9. The summed E-state index contributed by atoms with van der Waals surface area (Å²) in [6.07, 6.45) is 2.56. The summed E-state index contributed by atoms with van der Waals surface area (Å²) >= 11 is 0. The number of hydrogen-bond acceptors (Lipinski definition) is 4. The van der Waals surface area contributed by atoms with Gasteiger partial charge in [0.1, 0.15) is 6.04 Å². The maximum absolute atomic E-state index is 13.4. The molecular weight excluding hydrogens is 316 g/mol. The summed E-state index contributed by atoms with van der Waals surface area (Å²) < 4.78 is 7.32. The molecular formula is C20H22N2O3. The van der Waals surface area contributed by atoms with Gasteiger partial charge >= 0.3 is 5.97 Å². The van der Waals surface area contributed by atoms with E-state index in [0.29, 0.717) is 18.6 Å². The van der Waals surface area contributed by atoms with Gasteiger partial charge in [-0.25, -0.2) is 4.79 Å². The Kier molecular flexibility index (Phi) is 3.41. The number of likely N-dealkylation sites (N-methyl/N-ethyl adjacent to an activating group) is 1. The summed E-state index contributed by atoms with van der Waals surface area (Å²) in [6, 6.07) is 7.38. The van der Waals surface area contributed by atoms with E-state index < -0.39 is 12.0 Å². The van der Waals surface area contributed by atoms with Gasteiger partial charge in [0, 0.05) is 23.6 Å². The third-order valence-electron chi connectivity index (χ3n) is 5.80. The molecule has 0 saturated carbocycles. The Morgan fingerprint density at radius 2 is 2.04 bits per heavy atom. The minimum absolute atomic E-state index is 0.0224. The van der Waals surface area contributed by atoms with Crippen LogP contribution in [0.1, 0.15) is 36.3 Å². The SMILES string of the molecule is CCOC(=O)C1=CC[C@]2(C)c3c(c4ccccc4n3C)C(=O)C1N2C. The van der Waals surface area contributed by atoms with Crippen LogP contribution < -0.4 is 0 Å². The predicted molar refractivity (Wildman–Crippen MR) is 95.5 cm³/mol. The van der Waals surface area contributed by atoms with Crippen molar-refractivity contribution in [2.45, 2.75) is 31.8 Å². The number of aryl methyl sites for hydroxylation is 1. The molecule has 0 saturated heterocycles. The highest BCUT2D eigenvalue weighted by molar-refractivity contribution is 6.17. The number of hydrogen-bond donors (Lipinski definition) is 0. The molecule has 0 N–H and O–H groups in total. The molecule has 0 radical (unpaired) electrons. The van der Waals surface area contributed by atoms with E-state index in [1.807, 2.05) is 49.3 Å². The van der Waals surface area contributed by atoms with Crippen LogP contribution >= 0.6 is 0 Å². The van der Waals surface area contributed by atoms with Crippen LogP contribution in [0.25, 0.3) is 10.9 Å². The smallest absolute Gasteiger partial charge is 0.335 e. The molecule has 0 fully saturated rings. The predicted octanol–water partition coefficient (Wildman–Crippen LogP) is 2.78. The van der Waals surface area contributed by atoms with Gasteiger partial charge in [0.15, 0.2) is 5.78 Å². The molecule has 1 aromatic carbocycles. The van der Waals surface area contributed by atoms with Gasteiger partial charge in [-0.1, -0.05) is 24.3 Å². The number of rotatable bonds is 2. The molecule has 2 aliphatic heterocycles. The average molecular weight is 338 g/mol. The van der Waals surface area contributed by atoms with Crippen LogP contribution in [0.4, 0.5) is 0 Å². The van der Waals surface area contributed by atoms with E-state index in [0.717, 1.165) is 22.2 Å². The van der Waals surface area contributed by atoms with Gasteiger partial charge in [0.2, 0.25) is 0 Å². The molecule has 3 heterocycles. The summed E-state index contributed by atoms with van der Waals surface area (Å²) in [5.41, 5.74) is 2.94. The summed E-state index contributed by atoms with van der Waals surface area (Å²) in [7, 11) is 3.94. The first-order valence-corrected chi connectivity index (χ1v) is 8.64. The fourth-order valence-corrected chi connectivity index (χ4v) is 4.46. The van der Waals surface area contributed by atoms with Crippen LogP contribution in [0.2, 0.25) is 0 Å². The molecule has 2 aromatic rings. The van der Waals surface area contributed by atoms with E-state index in [2.05, 4.69) is 11.5 Å². The number of fused-ring (bicyclic) bond motifs is 6. The molecule has 4 rings (SSSR count). The fraction of sp³-hybridized carbons (Fsp3) is 0.400. The average Bonchev–Trinajstić information content (AvgIpc) is 2.89. The van der Waals surface area contributed by atoms with Gasteiger partial charge in [-0.3, -0.25) is 9.69 Å². The molecule has 130 valence electrons. The zero-order valence-electron chi connectivity index (χ0n) is 15.0. The molecule has 0 amide bonds. The van der Waals surface area contributed by atoms with Gasteiger partial charge in [-0.15, -0.1) is 0 Å². The maximum Gasteiger partial charge on any atom is 0.335 e. The van der Waals surface area contributed by atoms with E-state index in [1.54, 1.807) is 6.92 Å². The lowest BCUT2D eigenvalue weighted by Crippen LogP contribution is -2.59. The minimum Gasteiger partial charge on any atom is -0.463 e. The van der Waals surface area contributed by atoms with E-state index >= 15 is 0 Å². The van der Waals surface area contributed by atoms with Crippen molar-refractivity contribution in [3.05, 3.63) is 47.2 Å². The standard InChI is InChI=1S/C20H22N2O3/c1-5-25-19(24)13-10-11-20(2)18-15(17(23)16(13)22(20)4)12-8-6-7-9-14(12)21(18)3/h6-10,16H,5,11H2,1-4H3/t16?,20-/m1/s1. The number of Topliss-reactive ketones (excluding diaryl/α,β-unsaturated/α-hetero) is 1. The number of ketones is 1. The first-order valence-electron chi connectivity index (χ1n) is 8.64. The quantitative estimate of drug-likeness (QED) is 0.790. The van der Waals surface area contributed by atoms with Crippen molar-refractivity contribution in [1.82, 2.24) is 9.47 Å². The monoisotopic (exact) mass is 338 g/mol. The van der Waals surface area contributed by atoms with Crippen molar-refractivity contribution in [3.63, 3.8) is 0 Å². The van der Waals surface area contributed by atoms with E-state index in [1.165, 1.54) is 0 Å². The highest BCUT2D eigenvalue weighted by Crippen LogP contribution is 2.48. The van der Waals surface area contributed by atoms with Crippen molar-refractivity contribution < 1.29 is 14.3 Å². The summed E-state index contributed by atoms with van der Waals surface area (Å²) in [5, 5.41) is 0.958. The van der Waals surface area contributed by atoms with Crippen molar-refractivity contribution in [1.29, 1.82) is 0 Å². The Morgan fingerprint density at radius 3 is 2.76 bits per heavy atom. The second-order valence-corrected chi connectivity index (χ2v) is 7.04. The zero-order chi connectivity index (χ0) is 17.9. The number of para-hydroxylation sites is 1. The van der Waals surface area contributed by atoms with Crippen molar-refractivity contribution in [3.8, 4) is 0 Å². The fourth-order valence-electron chi connectivity index (χ4n) is 4.46. The second-order valence-electron chi connectivity index (χ2n) is 7.04. The Labute approximate surface area is 146 Å². The van der Waals surface area contributed by atoms with Crippen molar-refractivity contribution in [2.75, 3.05) is 13.7 Å². The molecule has 5 heteroatoms. The van der Waals surface area contributed by atoms with Gasteiger partial charge in [-0.2, -0.15) is 0 Å². The molecule has 5 nitrogen and oxygen atoms in total. The van der Waals surface area contributed by atoms with Crippen LogP contribution in [-0.2, 0) is 22.1 Å². The molecule has 2 atom stereocenters. The van der Waals surface area contributed by atoms with Crippen LogP contribution in [0.15, 0.2) is 35.9 Å². The number of carbonyl (C=O) groups is 2. The third-order valence-corrected chi connectivity index (χ3v) is 5.80. The lowest BCUT2D eigenvalue weighted by molar-refractivity contribution is -0.139. The molecule has 25 heavy (non-hydrogen) atoms. The second kappa shape index (κ2) is 5.30. The Hall–Kier alpha value is -2.40. The normalized spacial score (nSPS) is 25.7. The first kappa shape index (κ1) is 16.1. The minimum atomic E-state index is -0.587. The Bertz CT molecular complexity index is 940. The number of carbonyl (C=O) groups excluding carboxylic acids is 2. The lowest BCUT2D eigenvalue weighted by Gasteiger charge is -2.49. The van der Waals surface area contributed by atoms with E-state index in [9.17, 15) is 9.59 Å². The molecule has 1 aromatic heterocycles. The van der Waals surface area contributed by atoms with Crippen LogP contribution in [0, 0.1) is 0 Å². The molecule has 0 aliphatic carbocycles. The number of ether oxygens (including phenoxy) is 1. The van der Waals surface area contributed by atoms with Gasteiger partial charge in [0.25, 0.3) is 0 Å². The van der Waals surface area contributed by atoms with Gasteiger partial charge in [0.05, 0.1) is 23.3 Å². The van der Waals surface area contributed by atoms with Gasteiger partial charge < -0.3 is 9.30 Å². The molecule has 0 spiro atoms. The number of nitrogens with zero attached hydrogens (tertiary/aromatic N) is 2. The van der Waals surface area contributed by atoms with Crippen molar-refractivity contribution >= 4 is 22.7 Å². The Morgan fingerprint density at radius 1 is 1.32 bits per heavy atom. The molecule has 2 bridgehead atoms. The Balaban J connectivity index is 1.98. The lowest BCUT2D eigenvalue weighted by atomic mass is 9.74. The maximum atomic E-state index is 13.4. The highest BCUT2D eigenvalue weighted by Gasteiger charge is 2.53. The number of aromatic nitrogens is 1. The van der Waals surface area contributed by atoms with Gasteiger partial charge in [-0.05, 0) is 33.4 Å².